The van der Waals surface area contributed by atoms with Crippen LogP contribution in [0.25, 0.3) is 0 Å². The molecular weight excluding hydrogens is 304 g/mol. The molecule has 4 nitrogen and oxygen atoms in total. The fourth-order valence-electron chi connectivity index (χ4n) is 3.78. The lowest BCUT2D eigenvalue weighted by molar-refractivity contribution is 0.255. The number of hydrogen-bond donors (Lipinski definition) is 2. The van der Waals surface area contributed by atoms with Crippen LogP contribution >= 0.6 is 11.3 Å². The molecule has 2 aliphatic rings. The molecule has 1 aromatic heterocycles. The Bertz CT molecular complexity index is 471. The van der Waals surface area contributed by atoms with Crippen LogP contribution in [0.3, 0.4) is 0 Å². The van der Waals surface area contributed by atoms with E-state index in [0.717, 1.165) is 6.54 Å². The summed E-state index contributed by atoms with van der Waals surface area (Å²) in [6.45, 7) is 3.15. The van der Waals surface area contributed by atoms with Crippen LogP contribution < -0.4 is 11.1 Å². The Labute approximate surface area is 144 Å². The summed E-state index contributed by atoms with van der Waals surface area (Å²) in [6, 6.07) is 5.29. The van der Waals surface area contributed by atoms with Gasteiger partial charge in [-0.1, -0.05) is 31.7 Å². The highest BCUT2D eigenvalue weighted by Gasteiger charge is 2.24. The highest BCUT2D eigenvalue weighted by Crippen LogP contribution is 2.28. The lowest BCUT2D eigenvalue weighted by Crippen LogP contribution is -2.40. The summed E-state index contributed by atoms with van der Waals surface area (Å²) in [4.78, 5) is 8.68. The molecule has 3 rings (SSSR count). The predicted molar refractivity (Wildman–Crippen MR) is 99.0 cm³/mol. The Balaban J connectivity index is 1.58. The zero-order valence-corrected chi connectivity index (χ0v) is 14.9. The van der Waals surface area contributed by atoms with E-state index in [9.17, 15) is 0 Å². The quantitative estimate of drug-likeness (QED) is 0.492. The first kappa shape index (κ1) is 16.8. The lowest BCUT2D eigenvalue weighted by Gasteiger charge is -2.25. The Morgan fingerprint density at radius 2 is 1.96 bits per heavy atom. The first-order valence-electron chi connectivity index (χ1n) is 9.17. The van der Waals surface area contributed by atoms with Gasteiger partial charge in [0.1, 0.15) is 0 Å². The van der Waals surface area contributed by atoms with E-state index in [4.69, 9.17) is 10.7 Å². The summed E-state index contributed by atoms with van der Waals surface area (Å²) in [5.41, 5.74) is 6.18. The SMILES string of the molecule is NC(=NCC(c1cccs1)N1CCCC1)NC1CCCCCC1. The molecule has 0 radical (unpaired) electrons. The van der Waals surface area contributed by atoms with Crippen molar-refractivity contribution in [3.05, 3.63) is 22.4 Å². The van der Waals surface area contributed by atoms with E-state index in [1.807, 2.05) is 11.3 Å². The molecule has 1 aliphatic carbocycles. The average Bonchev–Trinajstić information content (AvgIpc) is 3.20. The standard InChI is InChI=1S/C18H30N4S/c19-18(21-15-8-3-1-2-4-9-15)20-14-16(17-10-7-13-23-17)22-11-5-6-12-22/h7,10,13,15-16H,1-6,8-9,11-12,14H2,(H3,19,20,21). The summed E-state index contributed by atoms with van der Waals surface area (Å²) in [5, 5.41) is 5.62. The molecule has 0 aromatic carbocycles. The van der Waals surface area contributed by atoms with Crippen molar-refractivity contribution in [2.24, 2.45) is 10.7 Å². The second kappa shape index (κ2) is 8.69. The first-order valence-corrected chi connectivity index (χ1v) is 10.0. The number of nitrogens with zero attached hydrogens (tertiary/aromatic N) is 2. The summed E-state index contributed by atoms with van der Waals surface area (Å²) in [6.07, 6.45) is 10.4. The van der Waals surface area contributed by atoms with Crippen molar-refractivity contribution in [2.45, 2.75) is 63.5 Å². The van der Waals surface area contributed by atoms with E-state index in [-0.39, 0.29) is 0 Å². The van der Waals surface area contributed by atoms with Gasteiger partial charge in [-0.25, -0.2) is 0 Å². The molecule has 2 fully saturated rings. The summed E-state index contributed by atoms with van der Waals surface area (Å²) < 4.78 is 0. The van der Waals surface area contributed by atoms with Gasteiger partial charge in [0.15, 0.2) is 5.96 Å². The van der Waals surface area contributed by atoms with Crippen molar-refractivity contribution in [2.75, 3.05) is 19.6 Å². The van der Waals surface area contributed by atoms with Crippen LogP contribution in [-0.4, -0.2) is 36.5 Å². The zero-order chi connectivity index (χ0) is 15.9. The van der Waals surface area contributed by atoms with Gasteiger partial charge < -0.3 is 11.1 Å². The number of aliphatic imine (C=N–C) groups is 1. The van der Waals surface area contributed by atoms with Crippen molar-refractivity contribution < 1.29 is 0 Å². The maximum atomic E-state index is 6.18. The number of thiophene rings is 1. The third-order valence-corrected chi connectivity index (χ3v) is 6.07. The number of guanidine groups is 1. The van der Waals surface area contributed by atoms with Gasteiger partial charge in [0.25, 0.3) is 0 Å². The van der Waals surface area contributed by atoms with Crippen molar-refractivity contribution in [3.63, 3.8) is 0 Å². The predicted octanol–water partition coefficient (Wildman–Crippen LogP) is 3.51. The van der Waals surface area contributed by atoms with Crippen LogP contribution in [0.2, 0.25) is 0 Å². The van der Waals surface area contributed by atoms with Crippen LogP contribution in [0.15, 0.2) is 22.5 Å². The number of nitrogens with one attached hydrogen (secondary N) is 1. The maximum Gasteiger partial charge on any atom is 0.188 e. The smallest absolute Gasteiger partial charge is 0.188 e. The van der Waals surface area contributed by atoms with Crippen LogP contribution in [0.5, 0.6) is 0 Å². The van der Waals surface area contributed by atoms with Gasteiger partial charge in [-0.2, -0.15) is 0 Å². The number of rotatable bonds is 5. The molecule has 1 unspecified atom stereocenters. The van der Waals surface area contributed by atoms with E-state index < -0.39 is 0 Å². The molecule has 0 bridgehead atoms. The van der Waals surface area contributed by atoms with E-state index >= 15 is 0 Å². The van der Waals surface area contributed by atoms with Gasteiger partial charge in [-0.05, 0) is 50.2 Å². The minimum absolute atomic E-state index is 0.395. The minimum Gasteiger partial charge on any atom is -0.370 e. The molecule has 1 atom stereocenters. The van der Waals surface area contributed by atoms with Crippen LogP contribution in [0, 0.1) is 0 Å². The Hall–Kier alpha value is -1.07. The number of nitrogens with two attached hydrogens (primary N) is 1. The van der Waals surface area contributed by atoms with Crippen molar-refractivity contribution >= 4 is 17.3 Å². The summed E-state index contributed by atoms with van der Waals surface area (Å²) >= 11 is 1.84. The lowest BCUT2D eigenvalue weighted by atomic mass is 10.1. The fraction of sp³-hybridized carbons (Fsp3) is 0.722. The minimum atomic E-state index is 0.395. The van der Waals surface area contributed by atoms with Crippen LogP contribution in [-0.2, 0) is 0 Å². The van der Waals surface area contributed by atoms with Gasteiger partial charge in [-0.3, -0.25) is 9.89 Å². The van der Waals surface area contributed by atoms with Crippen molar-refractivity contribution in [3.8, 4) is 0 Å². The zero-order valence-electron chi connectivity index (χ0n) is 14.0. The molecule has 1 saturated heterocycles. The Kier molecular flexibility index (Phi) is 6.34. The molecule has 1 aromatic rings. The van der Waals surface area contributed by atoms with Crippen LogP contribution in [0.1, 0.15) is 62.3 Å². The first-order chi connectivity index (χ1) is 11.3. The third kappa shape index (κ3) is 4.95. The normalized spacial score (nSPS) is 22.9. The van der Waals surface area contributed by atoms with E-state index in [1.165, 1.54) is 69.3 Å². The molecule has 23 heavy (non-hydrogen) atoms. The summed E-state index contributed by atoms with van der Waals surface area (Å²) in [5.74, 6) is 0.637. The number of likely N-dealkylation sites (tertiary alicyclic amines) is 1. The highest BCUT2D eigenvalue weighted by atomic mass is 32.1. The molecule has 2 heterocycles. The Morgan fingerprint density at radius 1 is 1.22 bits per heavy atom. The second-order valence-electron chi connectivity index (χ2n) is 6.83. The monoisotopic (exact) mass is 334 g/mol. The van der Waals surface area contributed by atoms with Crippen molar-refractivity contribution in [1.29, 1.82) is 0 Å². The molecule has 0 amide bonds. The molecular formula is C18H30N4S. The van der Waals surface area contributed by atoms with E-state index in [1.54, 1.807) is 0 Å². The highest BCUT2D eigenvalue weighted by molar-refractivity contribution is 7.10. The topological polar surface area (TPSA) is 53.6 Å². The second-order valence-corrected chi connectivity index (χ2v) is 7.81. The van der Waals surface area contributed by atoms with Gasteiger partial charge in [0.05, 0.1) is 12.6 Å². The fourth-order valence-corrected chi connectivity index (χ4v) is 4.63. The molecule has 5 heteroatoms. The van der Waals surface area contributed by atoms with Gasteiger partial charge in [0, 0.05) is 10.9 Å². The molecule has 3 N–H and O–H groups in total. The third-order valence-electron chi connectivity index (χ3n) is 5.09. The maximum absolute atomic E-state index is 6.18. The largest absolute Gasteiger partial charge is 0.370 e. The number of hydrogen-bond acceptors (Lipinski definition) is 3. The molecule has 128 valence electrons. The van der Waals surface area contributed by atoms with Gasteiger partial charge >= 0.3 is 0 Å². The summed E-state index contributed by atoms with van der Waals surface area (Å²) in [7, 11) is 0. The van der Waals surface area contributed by atoms with E-state index in [0.29, 0.717) is 18.0 Å². The van der Waals surface area contributed by atoms with Crippen molar-refractivity contribution in [1.82, 2.24) is 10.2 Å². The van der Waals surface area contributed by atoms with Gasteiger partial charge in [-0.15, -0.1) is 11.3 Å². The average molecular weight is 335 g/mol. The molecule has 1 saturated carbocycles. The molecule has 0 spiro atoms. The van der Waals surface area contributed by atoms with E-state index in [2.05, 4.69) is 27.7 Å². The Morgan fingerprint density at radius 3 is 2.61 bits per heavy atom. The molecule has 1 aliphatic heterocycles. The van der Waals surface area contributed by atoms with Crippen LogP contribution in [0.4, 0.5) is 0 Å². The van der Waals surface area contributed by atoms with Gasteiger partial charge in [0.2, 0.25) is 0 Å².